The molecule has 30 heavy (non-hydrogen) atoms. The van der Waals surface area contributed by atoms with Gasteiger partial charge in [0.1, 0.15) is 12.1 Å². The van der Waals surface area contributed by atoms with Crippen LogP contribution < -0.4 is 5.56 Å². The number of piperidine rings is 1. The summed E-state index contributed by atoms with van der Waals surface area (Å²) in [5, 5.41) is 3.96. The minimum atomic E-state index is 0.159. The minimum Gasteiger partial charge on any atom is -0.364 e. The molecule has 1 fully saturated rings. The summed E-state index contributed by atoms with van der Waals surface area (Å²) in [5.74, 6) is 2.02. The number of hydrogen-bond acceptors (Lipinski definition) is 6. The molecular formula is C22H28N6O2. The van der Waals surface area contributed by atoms with Gasteiger partial charge in [-0.05, 0) is 25.5 Å². The molecule has 3 aromatic heterocycles. The van der Waals surface area contributed by atoms with Crippen molar-refractivity contribution in [3.63, 3.8) is 0 Å². The second-order valence-corrected chi connectivity index (χ2v) is 8.81. The molecule has 5 rings (SSSR count). The third-order valence-corrected chi connectivity index (χ3v) is 6.41. The highest BCUT2D eigenvalue weighted by atomic mass is 16.5. The van der Waals surface area contributed by atoms with Crippen molar-refractivity contribution >= 4 is 0 Å². The zero-order chi connectivity index (χ0) is 20.7. The van der Waals surface area contributed by atoms with Gasteiger partial charge in [-0.3, -0.25) is 14.6 Å². The zero-order valence-electron chi connectivity index (χ0n) is 17.6. The van der Waals surface area contributed by atoms with Crippen molar-refractivity contribution < 1.29 is 4.52 Å². The molecular weight excluding hydrogens is 380 g/mol. The van der Waals surface area contributed by atoms with Crippen LogP contribution in [0.1, 0.15) is 35.1 Å². The van der Waals surface area contributed by atoms with Gasteiger partial charge in [0.25, 0.3) is 5.56 Å². The van der Waals surface area contributed by atoms with Crippen LogP contribution in [0.15, 0.2) is 46.2 Å². The Morgan fingerprint density at radius 2 is 2.10 bits per heavy atom. The monoisotopic (exact) mass is 408 g/mol. The first-order valence-electron chi connectivity index (χ1n) is 10.6. The molecule has 2 aliphatic rings. The molecule has 8 heteroatoms. The second kappa shape index (κ2) is 7.85. The molecule has 8 nitrogen and oxygen atoms in total. The van der Waals surface area contributed by atoms with Gasteiger partial charge in [0.2, 0.25) is 0 Å². The fourth-order valence-corrected chi connectivity index (χ4v) is 5.03. The normalized spacial score (nSPS) is 21.2. The van der Waals surface area contributed by atoms with Gasteiger partial charge in [-0.2, -0.15) is 0 Å². The molecule has 5 heterocycles. The smallest absolute Gasteiger partial charge is 0.255 e. The second-order valence-electron chi connectivity index (χ2n) is 8.81. The molecule has 1 saturated heterocycles. The van der Waals surface area contributed by atoms with E-state index >= 15 is 0 Å². The maximum Gasteiger partial charge on any atom is 0.255 e. The van der Waals surface area contributed by atoms with Crippen LogP contribution in [-0.4, -0.2) is 49.2 Å². The molecule has 0 saturated carbocycles. The number of imidazole rings is 1. The highest BCUT2D eigenvalue weighted by molar-refractivity contribution is 5.22. The predicted octanol–water partition coefficient (Wildman–Crippen LogP) is 1.82. The Morgan fingerprint density at radius 3 is 2.87 bits per heavy atom. The van der Waals surface area contributed by atoms with Crippen molar-refractivity contribution in [1.29, 1.82) is 0 Å². The van der Waals surface area contributed by atoms with Crippen LogP contribution in [0.2, 0.25) is 0 Å². The van der Waals surface area contributed by atoms with Crippen LogP contribution in [0, 0.1) is 5.92 Å². The zero-order valence-corrected chi connectivity index (χ0v) is 17.6. The number of pyridine rings is 1. The third-order valence-electron chi connectivity index (χ3n) is 6.41. The van der Waals surface area contributed by atoms with E-state index in [-0.39, 0.29) is 5.56 Å². The van der Waals surface area contributed by atoms with Gasteiger partial charge >= 0.3 is 0 Å². The van der Waals surface area contributed by atoms with E-state index in [2.05, 4.69) is 30.6 Å². The highest BCUT2D eigenvalue weighted by Gasteiger charge is 2.35. The summed E-state index contributed by atoms with van der Waals surface area (Å²) in [6.07, 6.45) is 6.60. The number of rotatable bonds is 6. The largest absolute Gasteiger partial charge is 0.364 e. The number of nitrogens with zero attached hydrogens (tertiary/aromatic N) is 6. The van der Waals surface area contributed by atoms with Crippen LogP contribution in [0.3, 0.4) is 0 Å². The summed E-state index contributed by atoms with van der Waals surface area (Å²) in [4.78, 5) is 22.3. The van der Waals surface area contributed by atoms with Gasteiger partial charge < -0.3 is 13.7 Å². The molecule has 2 atom stereocenters. The lowest BCUT2D eigenvalue weighted by Gasteiger charge is -2.42. The van der Waals surface area contributed by atoms with Gasteiger partial charge in [-0.25, -0.2) is 4.98 Å². The fraction of sp³-hybridized carbons (Fsp3) is 0.500. The van der Waals surface area contributed by atoms with Gasteiger partial charge in [0.15, 0.2) is 0 Å². The maximum absolute atomic E-state index is 13.2. The Labute approximate surface area is 175 Å². The van der Waals surface area contributed by atoms with Gasteiger partial charge in [-0.15, -0.1) is 0 Å². The van der Waals surface area contributed by atoms with E-state index in [0.29, 0.717) is 24.9 Å². The van der Waals surface area contributed by atoms with E-state index in [0.717, 1.165) is 43.3 Å². The predicted molar refractivity (Wildman–Crippen MR) is 112 cm³/mol. The first kappa shape index (κ1) is 19.3. The first-order valence-corrected chi connectivity index (χ1v) is 10.6. The van der Waals surface area contributed by atoms with Crippen molar-refractivity contribution in [3.8, 4) is 0 Å². The molecule has 0 unspecified atom stereocenters. The quantitative estimate of drug-likeness (QED) is 0.620. The third kappa shape index (κ3) is 3.73. The van der Waals surface area contributed by atoms with Crippen LogP contribution in [0.4, 0.5) is 0 Å². The molecule has 0 aromatic carbocycles. The van der Waals surface area contributed by atoms with Crippen molar-refractivity contribution in [2.45, 2.75) is 38.5 Å². The van der Waals surface area contributed by atoms with E-state index in [1.54, 1.807) is 6.26 Å². The Hall–Kier alpha value is -2.71. The summed E-state index contributed by atoms with van der Waals surface area (Å²) in [7, 11) is 4.05. The van der Waals surface area contributed by atoms with Gasteiger partial charge in [-0.1, -0.05) is 11.2 Å². The lowest BCUT2D eigenvalue weighted by molar-refractivity contribution is 0.111. The van der Waals surface area contributed by atoms with Crippen LogP contribution in [0.25, 0.3) is 0 Å². The van der Waals surface area contributed by atoms with Crippen molar-refractivity contribution in [2.24, 2.45) is 13.0 Å². The molecule has 2 aliphatic heterocycles. The minimum absolute atomic E-state index is 0.159. The Balaban J connectivity index is 1.32. The summed E-state index contributed by atoms with van der Waals surface area (Å²) in [6.45, 7) is 4.94. The molecule has 0 aliphatic carbocycles. The van der Waals surface area contributed by atoms with E-state index in [4.69, 9.17) is 4.52 Å². The summed E-state index contributed by atoms with van der Waals surface area (Å²) in [5.41, 5.74) is 3.06. The molecule has 158 valence electrons. The maximum atomic E-state index is 13.2. The van der Waals surface area contributed by atoms with Crippen LogP contribution in [-0.2, 0) is 33.2 Å². The molecule has 3 aromatic rings. The Bertz CT molecular complexity index is 1070. The average molecular weight is 409 g/mol. The number of likely N-dealkylation sites (tertiary alicyclic amines) is 1. The lowest BCUT2D eigenvalue weighted by Crippen LogP contribution is -2.47. The van der Waals surface area contributed by atoms with Crippen LogP contribution in [0.5, 0.6) is 0 Å². The fourth-order valence-electron chi connectivity index (χ4n) is 5.03. The summed E-state index contributed by atoms with van der Waals surface area (Å²) in [6, 6.07) is 6.05. The van der Waals surface area contributed by atoms with E-state index in [9.17, 15) is 4.79 Å². The number of fused-ring (bicyclic) bond motifs is 4. The molecule has 0 N–H and O–H groups in total. The number of aryl methyl sites for hydroxylation is 1. The molecule has 0 radical (unpaired) electrons. The van der Waals surface area contributed by atoms with Crippen molar-refractivity contribution in [2.75, 3.05) is 20.1 Å². The average Bonchev–Trinajstić information content (AvgIpc) is 3.36. The number of hydrogen-bond donors (Lipinski definition) is 0. The van der Waals surface area contributed by atoms with Crippen LogP contribution >= 0.6 is 0 Å². The summed E-state index contributed by atoms with van der Waals surface area (Å²) >= 11 is 0. The van der Waals surface area contributed by atoms with Crippen molar-refractivity contribution in [1.82, 2.24) is 29.1 Å². The topological polar surface area (TPSA) is 72.3 Å². The standard InChI is InChI=1S/C22H28N6O2/c1-25(14-19-5-8-30-24-19)12-17-3-4-20-18-9-16(11-28(20)22(17)29)10-27(13-18)15-21-23-6-7-26(21)2/h3-8,16,18H,9-15H2,1-2H3/t16-,18+/m0/s1. The first-order chi connectivity index (χ1) is 14.6. The molecule has 0 amide bonds. The molecule has 0 spiro atoms. The highest BCUT2D eigenvalue weighted by Crippen LogP contribution is 2.35. The molecule has 2 bridgehead atoms. The van der Waals surface area contributed by atoms with E-state index in [1.807, 2.05) is 43.2 Å². The lowest BCUT2D eigenvalue weighted by atomic mass is 9.83. The van der Waals surface area contributed by atoms with Gasteiger partial charge in [0.05, 0.1) is 12.2 Å². The summed E-state index contributed by atoms with van der Waals surface area (Å²) < 4.78 is 9.03. The van der Waals surface area contributed by atoms with E-state index in [1.165, 1.54) is 12.1 Å². The van der Waals surface area contributed by atoms with Crippen molar-refractivity contribution in [3.05, 3.63) is 70.0 Å². The SMILES string of the molecule is CN(Cc1ccon1)Cc1ccc2n(c1=O)C[C@H]1C[C@@H]2CN(Cc2nccn2C)C1. The van der Waals surface area contributed by atoms with Gasteiger partial charge in [0, 0.05) is 75.4 Å². The number of aromatic nitrogens is 4. The Morgan fingerprint density at radius 1 is 1.20 bits per heavy atom. The van der Waals surface area contributed by atoms with E-state index < -0.39 is 0 Å². The Kier molecular flexibility index (Phi) is 5.04.